The van der Waals surface area contributed by atoms with Gasteiger partial charge in [-0.3, -0.25) is 14.4 Å². The van der Waals surface area contributed by atoms with E-state index < -0.39 is 23.5 Å². The monoisotopic (exact) mass is 417 g/mol. The molecule has 0 unspecified atom stereocenters. The molecule has 2 aromatic rings. The Hall–Kier alpha value is -3.20. The lowest BCUT2D eigenvalue weighted by atomic mass is 9.90. The van der Waals surface area contributed by atoms with E-state index in [1.54, 1.807) is 24.3 Å². The summed E-state index contributed by atoms with van der Waals surface area (Å²) in [6.07, 6.45) is 0.991. The highest BCUT2D eigenvalue weighted by molar-refractivity contribution is 5.99. The molecule has 2 amide bonds. The lowest BCUT2D eigenvalue weighted by Gasteiger charge is -2.30. The van der Waals surface area contributed by atoms with Crippen molar-refractivity contribution in [1.29, 1.82) is 0 Å². The zero-order valence-electron chi connectivity index (χ0n) is 16.6. The van der Waals surface area contributed by atoms with Crippen LogP contribution in [-0.4, -0.2) is 54.0 Å². The summed E-state index contributed by atoms with van der Waals surface area (Å²) in [5.41, 5.74) is 0.158. The van der Waals surface area contributed by atoms with E-state index in [-0.39, 0.29) is 49.8 Å². The number of aromatic nitrogens is 1. The van der Waals surface area contributed by atoms with Gasteiger partial charge in [-0.2, -0.15) is 0 Å². The number of amides is 2. The molecule has 30 heavy (non-hydrogen) atoms. The zero-order chi connectivity index (χ0) is 21.7. The number of rotatable bonds is 8. The molecular formula is C21H24FN3O5. The van der Waals surface area contributed by atoms with Gasteiger partial charge in [0.15, 0.2) is 0 Å². The lowest BCUT2D eigenvalue weighted by molar-refractivity contribution is 0.0859. The van der Waals surface area contributed by atoms with E-state index in [0.717, 1.165) is 0 Å². The van der Waals surface area contributed by atoms with Crippen molar-refractivity contribution in [2.24, 2.45) is 0 Å². The second-order valence-corrected chi connectivity index (χ2v) is 7.11. The first-order chi connectivity index (χ1) is 14.4. The van der Waals surface area contributed by atoms with Crippen molar-refractivity contribution in [3.05, 3.63) is 63.6 Å². The Labute approximate surface area is 172 Å². The van der Waals surface area contributed by atoms with Crippen molar-refractivity contribution in [2.75, 3.05) is 20.3 Å². The van der Waals surface area contributed by atoms with Gasteiger partial charge in [0, 0.05) is 19.3 Å². The van der Waals surface area contributed by atoms with Crippen molar-refractivity contribution in [1.82, 2.24) is 15.2 Å². The minimum Gasteiger partial charge on any atom is -0.491 e. The highest BCUT2D eigenvalue weighted by Gasteiger charge is 2.30. The molecule has 1 aliphatic carbocycles. The van der Waals surface area contributed by atoms with Crippen LogP contribution in [0.4, 0.5) is 4.39 Å². The van der Waals surface area contributed by atoms with Crippen LogP contribution >= 0.6 is 0 Å². The molecule has 160 valence electrons. The minimum atomic E-state index is -0.911. The van der Waals surface area contributed by atoms with Crippen LogP contribution in [0.3, 0.4) is 0 Å². The predicted molar refractivity (Wildman–Crippen MR) is 108 cm³/mol. The van der Waals surface area contributed by atoms with E-state index in [1.807, 2.05) is 0 Å². The maximum atomic E-state index is 13.0. The summed E-state index contributed by atoms with van der Waals surface area (Å²) in [7, 11) is 1.40. The van der Waals surface area contributed by atoms with Crippen molar-refractivity contribution < 1.29 is 23.8 Å². The van der Waals surface area contributed by atoms with Gasteiger partial charge < -0.3 is 25.0 Å². The number of halogens is 1. The van der Waals surface area contributed by atoms with Crippen LogP contribution in [0.15, 0.2) is 41.3 Å². The van der Waals surface area contributed by atoms with Crippen LogP contribution < -0.4 is 20.9 Å². The Bertz CT molecular complexity index is 985. The molecule has 0 spiro atoms. The van der Waals surface area contributed by atoms with Crippen molar-refractivity contribution in [2.45, 2.75) is 31.6 Å². The number of carbonyl (C=O) groups is 2. The molecule has 0 radical (unpaired) electrons. The Balaban J connectivity index is 1.89. The topological polar surface area (TPSA) is 110 Å². The molecule has 1 saturated carbocycles. The molecule has 1 aromatic carbocycles. The first-order valence-electron chi connectivity index (χ1n) is 9.65. The number of aliphatic hydroxyl groups is 1. The maximum Gasteiger partial charge on any atom is 0.263 e. The summed E-state index contributed by atoms with van der Waals surface area (Å²) >= 11 is 0. The van der Waals surface area contributed by atoms with Gasteiger partial charge in [-0.15, -0.1) is 0 Å². The molecule has 0 saturated heterocycles. The lowest BCUT2D eigenvalue weighted by Crippen LogP contribution is -2.45. The molecule has 1 fully saturated rings. The molecule has 1 heterocycles. The quantitative estimate of drug-likeness (QED) is 0.590. The highest BCUT2D eigenvalue weighted by Crippen LogP contribution is 2.23. The minimum absolute atomic E-state index is 0.107. The van der Waals surface area contributed by atoms with Gasteiger partial charge >= 0.3 is 0 Å². The van der Waals surface area contributed by atoms with Crippen LogP contribution in [0.5, 0.6) is 5.75 Å². The summed E-state index contributed by atoms with van der Waals surface area (Å²) in [5, 5.41) is 14.0. The molecule has 0 aliphatic heterocycles. The first-order valence-corrected chi connectivity index (χ1v) is 9.65. The average molecular weight is 417 g/mol. The number of nitrogens with zero attached hydrogens (tertiary/aromatic N) is 1. The third-order valence-electron chi connectivity index (χ3n) is 4.85. The van der Waals surface area contributed by atoms with E-state index in [2.05, 4.69) is 10.6 Å². The summed E-state index contributed by atoms with van der Waals surface area (Å²) in [6, 6.07) is 7.95. The number of nitrogens with one attached hydrogen (secondary N) is 2. The van der Waals surface area contributed by atoms with Crippen LogP contribution in [0.2, 0.25) is 0 Å². The summed E-state index contributed by atoms with van der Waals surface area (Å²) < 4.78 is 19.7. The van der Waals surface area contributed by atoms with E-state index in [1.165, 1.54) is 23.9 Å². The van der Waals surface area contributed by atoms with Gasteiger partial charge in [-0.25, -0.2) is 4.39 Å². The van der Waals surface area contributed by atoms with Crippen molar-refractivity contribution in [3.8, 4) is 5.75 Å². The summed E-state index contributed by atoms with van der Waals surface area (Å²) in [4.78, 5) is 37.5. The van der Waals surface area contributed by atoms with Gasteiger partial charge in [-0.1, -0.05) is 12.1 Å². The van der Waals surface area contributed by atoms with Crippen LogP contribution in [-0.2, 0) is 6.54 Å². The maximum absolute atomic E-state index is 13.0. The SMILES string of the molecule is CNC(=O)c1cc(C(=O)NC2CC(F)C2)cn(Cc2cccc(OCCO)c2)c1=O. The van der Waals surface area contributed by atoms with Gasteiger partial charge in [0.1, 0.15) is 24.1 Å². The van der Waals surface area contributed by atoms with Crippen molar-refractivity contribution >= 4 is 11.8 Å². The molecular weight excluding hydrogens is 393 g/mol. The second kappa shape index (κ2) is 9.53. The number of alkyl halides is 1. The Kier molecular flexibility index (Phi) is 6.83. The molecule has 0 bridgehead atoms. The molecule has 8 nitrogen and oxygen atoms in total. The Morgan fingerprint density at radius 2 is 2.03 bits per heavy atom. The van der Waals surface area contributed by atoms with E-state index in [9.17, 15) is 18.8 Å². The molecule has 3 N–H and O–H groups in total. The van der Waals surface area contributed by atoms with Crippen molar-refractivity contribution in [3.63, 3.8) is 0 Å². The summed E-state index contributed by atoms with van der Waals surface area (Å²) in [5.74, 6) is -0.539. The number of pyridine rings is 1. The van der Waals surface area contributed by atoms with E-state index in [4.69, 9.17) is 9.84 Å². The third kappa shape index (κ3) is 5.04. The fourth-order valence-electron chi connectivity index (χ4n) is 3.20. The first kappa shape index (κ1) is 21.5. The van der Waals surface area contributed by atoms with E-state index in [0.29, 0.717) is 11.3 Å². The van der Waals surface area contributed by atoms with E-state index >= 15 is 0 Å². The second-order valence-electron chi connectivity index (χ2n) is 7.11. The van der Waals surface area contributed by atoms with Gasteiger partial charge in [0.2, 0.25) is 0 Å². The normalized spacial score (nSPS) is 17.7. The number of carbonyl (C=O) groups excluding carboxylic acids is 2. The van der Waals surface area contributed by atoms with Crippen LogP contribution in [0.25, 0.3) is 0 Å². The fourth-order valence-corrected chi connectivity index (χ4v) is 3.20. The standard InChI is InChI=1S/C21H24FN3O5/c1-23-20(28)18-8-14(19(27)24-16-9-15(22)10-16)12-25(21(18)29)11-13-3-2-4-17(7-13)30-6-5-26/h2-4,7-8,12,15-16,26H,5-6,9-11H2,1H3,(H,23,28)(H,24,27). The third-order valence-corrected chi connectivity index (χ3v) is 4.85. The molecule has 1 aliphatic rings. The smallest absolute Gasteiger partial charge is 0.263 e. The largest absolute Gasteiger partial charge is 0.491 e. The number of hydrogen-bond donors (Lipinski definition) is 3. The van der Waals surface area contributed by atoms with Gasteiger partial charge in [-0.05, 0) is 36.6 Å². The Morgan fingerprint density at radius 1 is 1.27 bits per heavy atom. The summed E-state index contributed by atoms with van der Waals surface area (Å²) in [6.45, 7) is 0.123. The van der Waals surface area contributed by atoms with Gasteiger partial charge in [0.05, 0.1) is 18.7 Å². The van der Waals surface area contributed by atoms with Gasteiger partial charge in [0.25, 0.3) is 17.4 Å². The number of benzene rings is 1. The molecule has 9 heteroatoms. The molecule has 0 atom stereocenters. The fraction of sp³-hybridized carbons (Fsp3) is 0.381. The molecule has 1 aromatic heterocycles. The highest BCUT2D eigenvalue weighted by atomic mass is 19.1. The number of aliphatic hydroxyl groups excluding tert-OH is 1. The Morgan fingerprint density at radius 3 is 2.70 bits per heavy atom. The average Bonchev–Trinajstić information content (AvgIpc) is 2.72. The van der Waals surface area contributed by atoms with Crippen LogP contribution in [0, 0.1) is 0 Å². The zero-order valence-corrected chi connectivity index (χ0v) is 16.6. The van der Waals surface area contributed by atoms with Crippen LogP contribution in [0.1, 0.15) is 39.1 Å². The molecule has 3 rings (SSSR count). The number of hydrogen-bond acceptors (Lipinski definition) is 5. The number of ether oxygens (including phenoxy) is 1. The predicted octanol–water partition coefficient (Wildman–Crippen LogP) is 0.858.